The van der Waals surface area contributed by atoms with E-state index >= 15 is 0 Å². The van der Waals surface area contributed by atoms with Gasteiger partial charge in [0.05, 0.1) is 18.1 Å². The largest absolute Gasteiger partial charge is 0.480 e. The van der Waals surface area contributed by atoms with Crippen molar-refractivity contribution >= 4 is 33.2 Å². The first-order chi connectivity index (χ1) is 18.9. The molecule has 3 aromatic rings. The second-order valence-electron chi connectivity index (χ2n) is 9.57. The minimum Gasteiger partial charge on any atom is -0.480 e. The molecule has 1 aliphatic carbocycles. The van der Waals surface area contributed by atoms with Gasteiger partial charge < -0.3 is 19.3 Å². The minimum absolute atomic E-state index is 0.00309. The second-order valence-corrected chi connectivity index (χ2v) is 12.6. The average Bonchev–Trinajstić information content (AvgIpc) is 3.26. The Morgan fingerprint density at radius 3 is 2.60 bits per heavy atom. The number of rotatable bonds is 9. The average molecular weight is 600 g/mol. The molecule has 10 nitrogen and oxygen atoms in total. The molecule has 214 valence electrons. The van der Waals surface area contributed by atoms with Gasteiger partial charge in [-0.2, -0.15) is 17.9 Å². The van der Waals surface area contributed by atoms with Crippen molar-refractivity contribution < 1.29 is 45.5 Å². The molecule has 2 aromatic heterocycles. The number of aryl methyl sites for hydroxylation is 1. The van der Waals surface area contributed by atoms with E-state index in [9.17, 15) is 36.3 Å². The molecule has 40 heavy (non-hydrogen) atoms. The predicted octanol–water partition coefficient (Wildman–Crippen LogP) is 3.50. The lowest BCUT2D eigenvalue weighted by Gasteiger charge is -2.26. The first-order valence-corrected chi connectivity index (χ1v) is 14.5. The van der Waals surface area contributed by atoms with Gasteiger partial charge in [0.15, 0.2) is 0 Å². The Labute approximate surface area is 230 Å². The number of amides is 1. The standard InChI is InChI=1S/C25H24F3N3O7S2/c26-25(27,28)20-13-18(29-38-20)19-5-7-22(39-19)40(35,36)30-24(23(33)34)14-17(24)16-3-1-2-15(12-16)4-6-21(32)31-8-10-37-11-9-31/h1-3,5,7,12-13,17,30H,4,6,8-11,14H2,(H,33,34)/t17-,24+/m0/s1. The summed E-state index contributed by atoms with van der Waals surface area (Å²) in [5.41, 5.74) is -0.542. The normalized spacial score (nSPS) is 21.4. The van der Waals surface area contributed by atoms with Crippen molar-refractivity contribution in [2.45, 2.75) is 41.1 Å². The van der Waals surface area contributed by atoms with E-state index in [1.54, 1.807) is 23.1 Å². The van der Waals surface area contributed by atoms with Gasteiger partial charge in [0, 0.05) is 31.5 Å². The van der Waals surface area contributed by atoms with Gasteiger partial charge in [-0.15, -0.1) is 11.3 Å². The molecule has 0 radical (unpaired) electrons. The van der Waals surface area contributed by atoms with Crippen molar-refractivity contribution in [3.8, 4) is 10.6 Å². The van der Waals surface area contributed by atoms with Gasteiger partial charge in [-0.3, -0.25) is 9.59 Å². The highest BCUT2D eigenvalue weighted by atomic mass is 32.2. The molecule has 1 saturated carbocycles. The lowest BCUT2D eigenvalue weighted by molar-refractivity contribution is -0.155. The number of aliphatic carboxylic acids is 1. The van der Waals surface area contributed by atoms with E-state index in [1.165, 1.54) is 12.1 Å². The molecule has 0 spiro atoms. The number of nitrogens with one attached hydrogen (secondary N) is 1. The Hall–Kier alpha value is -3.27. The zero-order chi connectivity index (χ0) is 28.7. The molecule has 2 fully saturated rings. The van der Waals surface area contributed by atoms with Crippen molar-refractivity contribution in [3.63, 3.8) is 0 Å². The number of alkyl halides is 3. The summed E-state index contributed by atoms with van der Waals surface area (Å²) in [6, 6.07) is 10.2. The minimum atomic E-state index is -4.75. The van der Waals surface area contributed by atoms with Gasteiger partial charge in [-0.05, 0) is 36.1 Å². The molecule has 15 heteroatoms. The smallest absolute Gasteiger partial charge is 0.452 e. The monoisotopic (exact) mass is 599 g/mol. The van der Waals surface area contributed by atoms with E-state index in [1.807, 2.05) is 6.07 Å². The van der Waals surface area contributed by atoms with Crippen molar-refractivity contribution in [2.24, 2.45) is 0 Å². The highest BCUT2D eigenvalue weighted by molar-refractivity contribution is 7.91. The van der Waals surface area contributed by atoms with E-state index in [2.05, 4.69) is 14.4 Å². The highest BCUT2D eigenvalue weighted by Gasteiger charge is 2.63. The third-order valence-electron chi connectivity index (χ3n) is 6.89. The lowest BCUT2D eigenvalue weighted by atomic mass is 10.0. The van der Waals surface area contributed by atoms with Crippen LogP contribution in [0.25, 0.3) is 10.6 Å². The van der Waals surface area contributed by atoms with Gasteiger partial charge in [-0.25, -0.2) is 8.42 Å². The molecule has 0 unspecified atom stereocenters. The van der Waals surface area contributed by atoms with E-state index in [-0.39, 0.29) is 33.5 Å². The predicted molar refractivity (Wildman–Crippen MR) is 135 cm³/mol. The summed E-state index contributed by atoms with van der Waals surface area (Å²) < 4.78 is 76.3. The van der Waals surface area contributed by atoms with Crippen LogP contribution < -0.4 is 4.72 Å². The number of ether oxygens (including phenoxy) is 1. The Morgan fingerprint density at radius 1 is 1.18 bits per heavy atom. The first kappa shape index (κ1) is 28.3. The SMILES string of the molecule is O=C(CCc1cccc([C@@H]2C[C@]2(NS(=O)(=O)c2ccc(-c3cc(C(F)(F)F)on3)s2)C(=O)O)c1)N1CCOCC1. The summed E-state index contributed by atoms with van der Waals surface area (Å²) in [5, 5.41) is 13.3. The van der Waals surface area contributed by atoms with Gasteiger partial charge in [0.1, 0.15) is 15.4 Å². The summed E-state index contributed by atoms with van der Waals surface area (Å²) in [7, 11) is -4.35. The maximum atomic E-state index is 13.1. The number of carbonyl (C=O) groups excluding carboxylic acids is 1. The van der Waals surface area contributed by atoms with Gasteiger partial charge in [-0.1, -0.05) is 29.4 Å². The van der Waals surface area contributed by atoms with Crippen LogP contribution in [0, 0.1) is 0 Å². The maximum absolute atomic E-state index is 13.1. The van der Waals surface area contributed by atoms with Gasteiger partial charge in [0.25, 0.3) is 10.0 Å². The fourth-order valence-corrected chi connectivity index (χ4v) is 7.33. The Balaban J connectivity index is 1.28. The molecular formula is C25H24F3N3O7S2. The fraction of sp³-hybridized carbons (Fsp3) is 0.400. The zero-order valence-electron chi connectivity index (χ0n) is 20.8. The van der Waals surface area contributed by atoms with Crippen LogP contribution in [0.4, 0.5) is 13.2 Å². The summed E-state index contributed by atoms with van der Waals surface area (Å²) in [6.07, 6.45) is -4.02. The number of aromatic nitrogens is 1. The number of sulfonamides is 1. The van der Waals surface area contributed by atoms with Crippen molar-refractivity contribution in [1.29, 1.82) is 0 Å². The molecular weight excluding hydrogens is 575 g/mol. The highest BCUT2D eigenvalue weighted by Crippen LogP contribution is 2.53. The topological polar surface area (TPSA) is 139 Å². The van der Waals surface area contributed by atoms with Crippen LogP contribution in [0.1, 0.15) is 35.6 Å². The number of benzene rings is 1. The Bertz CT molecular complexity index is 1530. The van der Waals surface area contributed by atoms with Crippen molar-refractivity contribution in [2.75, 3.05) is 26.3 Å². The maximum Gasteiger partial charge on any atom is 0.452 e. The molecule has 2 aliphatic rings. The first-order valence-electron chi connectivity index (χ1n) is 12.2. The van der Waals surface area contributed by atoms with Gasteiger partial charge in [0.2, 0.25) is 11.7 Å². The number of carboxylic acids is 1. The summed E-state index contributed by atoms with van der Waals surface area (Å²) >= 11 is 0.641. The molecule has 2 atom stereocenters. The van der Waals surface area contributed by atoms with Crippen molar-refractivity contribution in [3.05, 3.63) is 59.4 Å². The number of carboxylic acid groups (broad SMARTS) is 1. The van der Waals surface area contributed by atoms with Crippen LogP contribution >= 0.6 is 11.3 Å². The van der Waals surface area contributed by atoms with Crippen LogP contribution in [0.3, 0.4) is 0 Å². The van der Waals surface area contributed by atoms with E-state index < -0.39 is 39.4 Å². The van der Waals surface area contributed by atoms with Crippen LogP contribution in [0.5, 0.6) is 0 Å². The molecule has 0 bridgehead atoms. The molecule has 5 rings (SSSR count). The number of morpholine rings is 1. The number of hydrogen-bond donors (Lipinski definition) is 2. The van der Waals surface area contributed by atoms with Crippen LogP contribution in [-0.2, 0) is 36.9 Å². The molecule has 1 aromatic carbocycles. The van der Waals surface area contributed by atoms with Gasteiger partial charge >= 0.3 is 12.1 Å². The van der Waals surface area contributed by atoms with Crippen LogP contribution in [0.15, 0.2) is 51.2 Å². The third kappa shape index (κ3) is 5.77. The molecule has 1 amide bonds. The van der Waals surface area contributed by atoms with Crippen LogP contribution in [0.2, 0.25) is 0 Å². The fourth-order valence-electron chi connectivity index (χ4n) is 4.66. The van der Waals surface area contributed by atoms with E-state index in [0.717, 1.165) is 5.56 Å². The summed E-state index contributed by atoms with van der Waals surface area (Å²) in [5.74, 6) is -3.32. The Kier molecular flexibility index (Phi) is 7.50. The second kappa shape index (κ2) is 10.6. The van der Waals surface area contributed by atoms with Crippen molar-refractivity contribution in [1.82, 2.24) is 14.8 Å². The number of halogens is 3. The third-order valence-corrected chi connectivity index (χ3v) is 10.0. The molecule has 3 heterocycles. The Morgan fingerprint density at radius 2 is 1.93 bits per heavy atom. The van der Waals surface area contributed by atoms with E-state index in [0.29, 0.717) is 55.7 Å². The number of carbonyl (C=O) groups is 2. The van der Waals surface area contributed by atoms with Crippen LogP contribution in [-0.4, -0.2) is 67.3 Å². The quantitative estimate of drug-likeness (QED) is 0.381. The van der Waals surface area contributed by atoms with E-state index in [4.69, 9.17) is 4.74 Å². The molecule has 1 saturated heterocycles. The molecule has 2 N–H and O–H groups in total. The zero-order valence-corrected chi connectivity index (χ0v) is 22.4. The summed E-state index contributed by atoms with van der Waals surface area (Å²) in [6.45, 7) is 2.09. The lowest BCUT2D eigenvalue weighted by Crippen LogP contribution is -2.44. The number of nitrogens with zero attached hydrogens (tertiary/aromatic N) is 2. The number of thiophene rings is 1. The molecule has 1 aliphatic heterocycles. The number of hydrogen-bond acceptors (Lipinski definition) is 8. The summed E-state index contributed by atoms with van der Waals surface area (Å²) in [4.78, 5) is 26.6.